The average Bonchev–Trinajstić information content (AvgIpc) is 3.44. The molecular formula is C61H38O. The first-order valence-electron chi connectivity index (χ1n) is 28.2. The molecule has 0 aliphatic rings. The van der Waals surface area contributed by atoms with Gasteiger partial charge < -0.3 is 4.42 Å². The molecule has 13 rings (SSSR count). The third-order valence-corrected chi connectivity index (χ3v) is 12.1. The van der Waals surface area contributed by atoms with E-state index in [1.165, 1.54) is 6.92 Å². The van der Waals surface area contributed by atoms with Crippen LogP contribution in [0.25, 0.3) is 131 Å². The molecule has 1 heteroatoms. The molecule has 0 bridgehead atoms. The fourth-order valence-electron chi connectivity index (χ4n) is 9.44. The van der Waals surface area contributed by atoms with E-state index in [2.05, 4.69) is 0 Å². The molecule has 1 nitrogen and oxygen atoms in total. The van der Waals surface area contributed by atoms with Gasteiger partial charge in [-0.15, -0.1) is 0 Å². The molecule has 13 aromatic rings. The first kappa shape index (κ1) is 22.6. The molecule has 12 aromatic carbocycles. The first-order valence-corrected chi connectivity index (χ1v) is 20.2. The summed E-state index contributed by atoms with van der Waals surface area (Å²) in [7, 11) is 0. The highest BCUT2D eigenvalue weighted by molar-refractivity contribution is 6.26. The second-order valence-electron chi connectivity index (χ2n) is 15.5. The molecule has 0 aliphatic heterocycles. The van der Waals surface area contributed by atoms with Crippen molar-refractivity contribution in [2.45, 2.75) is 6.92 Å². The predicted molar refractivity (Wildman–Crippen MR) is 265 cm³/mol. The van der Waals surface area contributed by atoms with Crippen LogP contribution in [-0.2, 0) is 0 Å². The summed E-state index contributed by atoms with van der Waals surface area (Å²) in [6.07, 6.45) is 0. The smallest absolute Gasteiger partial charge is 0.136 e. The number of hydrogen-bond acceptors (Lipinski definition) is 1. The van der Waals surface area contributed by atoms with Crippen molar-refractivity contribution in [1.82, 2.24) is 0 Å². The molecule has 0 saturated carbocycles. The number of hydrogen-bond donors (Lipinski definition) is 0. The largest absolute Gasteiger partial charge is 0.456 e. The monoisotopic (exact) mass is 802 g/mol. The molecule has 0 fully saturated rings. The third-order valence-electron chi connectivity index (χ3n) is 12.1. The Bertz CT molecular complexity index is 4840. The molecule has 0 aliphatic carbocycles. The molecule has 0 N–H and O–H groups in total. The summed E-state index contributed by atoms with van der Waals surface area (Å²) in [5, 5.41) is 6.37. The summed E-state index contributed by atoms with van der Waals surface area (Å²) in [5.74, 6) is 0. The van der Waals surface area contributed by atoms with E-state index in [1.54, 1.807) is 0 Å². The van der Waals surface area contributed by atoms with Gasteiger partial charge in [-0.2, -0.15) is 0 Å². The third kappa shape index (κ3) is 5.22. The summed E-state index contributed by atoms with van der Waals surface area (Å²) in [6.45, 7) is 1.51. The van der Waals surface area contributed by atoms with E-state index in [0.717, 1.165) is 43.6 Å². The van der Waals surface area contributed by atoms with Gasteiger partial charge in [0.25, 0.3) is 0 Å². The van der Waals surface area contributed by atoms with Gasteiger partial charge in [0.15, 0.2) is 0 Å². The summed E-state index contributed by atoms with van der Waals surface area (Å²) < 4.78 is 151. The Labute approximate surface area is 381 Å². The van der Waals surface area contributed by atoms with Crippen LogP contribution >= 0.6 is 0 Å². The van der Waals surface area contributed by atoms with E-state index in [-0.39, 0.29) is 74.5 Å². The molecule has 288 valence electrons. The van der Waals surface area contributed by atoms with Crippen LogP contribution < -0.4 is 0 Å². The van der Waals surface area contributed by atoms with E-state index in [1.807, 2.05) is 115 Å². The Hall–Kier alpha value is -8.00. The van der Waals surface area contributed by atoms with Crippen LogP contribution in [0.1, 0.15) is 27.5 Å². The fourth-order valence-corrected chi connectivity index (χ4v) is 9.44. The van der Waals surface area contributed by atoms with Crippen LogP contribution in [0, 0.1) is 6.92 Å². The van der Waals surface area contributed by atoms with Gasteiger partial charge >= 0.3 is 0 Å². The van der Waals surface area contributed by atoms with E-state index < -0.39 is 66.0 Å². The Morgan fingerprint density at radius 3 is 1.84 bits per heavy atom. The maximum absolute atomic E-state index is 9.75. The standard InChI is InChI=1S/C61H38O/c1-37-26-29-52-55(32-37)60(50-23-12-11-22-49(50)59(52)38-14-3-2-4-15-38)56-35-42-33-39(27-30-44(42)46-19-8-10-21-48(46)56)40-28-31-53-58(36-40)62-57-25-13-24-51(61(53)57)54-34-41-16-5-6-17-43(41)45-18-7-9-20-47(45)54/h2-36H,1H3/i2D,3D,4D,7D,9D,11D,12D,14D,15D,18D,20D,22D,23D,26D,29D,32D. The number of furan rings is 1. The lowest BCUT2D eigenvalue weighted by Crippen LogP contribution is -1.93. The van der Waals surface area contributed by atoms with Crippen LogP contribution in [0.5, 0.6) is 0 Å². The second-order valence-corrected chi connectivity index (χ2v) is 15.5. The van der Waals surface area contributed by atoms with Crippen molar-refractivity contribution >= 4 is 86.6 Å². The molecule has 0 atom stereocenters. The zero-order valence-electron chi connectivity index (χ0n) is 48.9. The van der Waals surface area contributed by atoms with Crippen LogP contribution in [0.3, 0.4) is 0 Å². The van der Waals surface area contributed by atoms with Crippen LogP contribution in [0.4, 0.5) is 0 Å². The summed E-state index contributed by atoms with van der Waals surface area (Å²) in [4.78, 5) is 0. The van der Waals surface area contributed by atoms with Crippen molar-refractivity contribution < 1.29 is 26.3 Å². The molecule has 0 radical (unpaired) electrons. The van der Waals surface area contributed by atoms with Crippen LogP contribution in [0.2, 0.25) is 0 Å². The molecule has 62 heavy (non-hydrogen) atoms. The van der Waals surface area contributed by atoms with Crippen LogP contribution in [-0.4, -0.2) is 0 Å². The Morgan fingerprint density at radius 1 is 0.355 bits per heavy atom. The van der Waals surface area contributed by atoms with E-state index in [0.29, 0.717) is 49.2 Å². The fraction of sp³-hybridized carbons (Fsp3) is 0.0164. The lowest BCUT2D eigenvalue weighted by atomic mass is 9.83. The molecule has 1 aromatic heterocycles. The summed E-state index contributed by atoms with van der Waals surface area (Å²) in [5.41, 5.74) is 4.06. The lowest BCUT2D eigenvalue weighted by molar-refractivity contribution is 0.669. The Morgan fingerprint density at radius 2 is 1.00 bits per heavy atom. The highest BCUT2D eigenvalue weighted by Crippen LogP contribution is 2.48. The zero-order chi connectivity index (χ0) is 54.8. The van der Waals surface area contributed by atoms with Gasteiger partial charge in [-0.25, -0.2) is 0 Å². The normalized spacial score (nSPS) is 15.6. The lowest BCUT2D eigenvalue weighted by Gasteiger charge is -2.20. The molecule has 1 heterocycles. The topological polar surface area (TPSA) is 13.1 Å². The van der Waals surface area contributed by atoms with Gasteiger partial charge in [-0.3, -0.25) is 0 Å². The molecule has 0 spiro atoms. The maximum Gasteiger partial charge on any atom is 0.136 e. The van der Waals surface area contributed by atoms with Crippen molar-refractivity contribution in [2.75, 3.05) is 0 Å². The highest BCUT2D eigenvalue weighted by Gasteiger charge is 2.21. The quantitative estimate of drug-likeness (QED) is 0.128. The Kier molecular flexibility index (Phi) is 4.92. The van der Waals surface area contributed by atoms with Gasteiger partial charge in [-0.1, -0.05) is 181 Å². The van der Waals surface area contributed by atoms with E-state index >= 15 is 0 Å². The van der Waals surface area contributed by atoms with Gasteiger partial charge in [-0.05, 0) is 152 Å². The van der Waals surface area contributed by atoms with Gasteiger partial charge in [0.2, 0.25) is 0 Å². The number of fused-ring (bicyclic) bond motifs is 11. The minimum atomic E-state index is -0.705. The first-order chi connectivity index (χ1) is 37.3. The average molecular weight is 803 g/mol. The molecule has 0 unspecified atom stereocenters. The summed E-state index contributed by atoms with van der Waals surface area (Å²) >= 11 is 0. The minimum absolute atomic E-state index is 0.0141. The van der Waals surface area contributed by atoms with Gasteiger partial charge in [0.05, 0.1) is 21.9 Å². The molecule has 0 saturated heterocycles. The van der Waals surface area contributed by atoms with E-state index in [4.69, 9.17) is 20.9 Å². The van der Waals surface area contributed by atoms with Crippen molar-refractivity contribution in [1.29, 1.82) is 0 Å². The number of rotatable bonds is 4. The maximum atomic E-state index is 9.75. The van der Waals surface area contributed by atoms with E-state index in [9.17, 15) is 5.48 Å². The predicted octanol–water partition coefficient (Wildman–Crippen LogP) is 17.5. The SMILES string of the molecule is [2H]c1c([2H])c([2H])c(-c2c3c([2H])c([2H])c([2H])c([2H])c3c(-c3cc4cc(-c5ccc6c(c5)oc5cccc(-c7cc8ccccc8c8c([2H])c([2H])c([2H])c([2H])c78)c56)ccc4c4ccccc34)c3c([2H])c(C)c([2H])c([2H])c23)c([2H])c1[2H]. The molecule has 0 amide bonds. The highest BCUT2D eigenvalue weighted by atomic mass is 16.3. The van der Waals surface area contributed by atoms with Crippen molar-refractivity contribution in [3.8, 4) is 44.5 Å². The number of benzene rings is 12. The summed E-state index contributed by atoms with van der Waals surface area (Å²) in [6, 6.07) is 28.6. The van der Waals surface area contributed by atoms with Crippen LogP contribution in [0.15, 0.2) is 216 Å². The second kappa shape index (κ2) is 13.5. The van der Waals surface area contributed by atoms with Gasteiger partial charge in [0, 0.05) is 10.8 Å². The van der Waals surface area contributed by atoms with Crippen molar-refractivity contribution in [2.24, 2.45) is 0 Å². The van der Waals surface area contributed by atoms with Crippen molar-refractivity contribution in [3.63, 3.8) is 0 Å². The van der Waals surface area contributed by atoms with Gasteiger partial charge in [0.1, 0.15) is 11.2 Å². The molecular weight excluding hydrogens is 749 g/mol. The Balaban J connectivity index is 1.08. The minimum Gasteiger partial charge on any atom is -0.456 e. The van der Waals surface area contributed by atoms with Crippen molar-refractivity contribution in [3.05, 3.63) is 218 Å². The zero-order valence-corrected chi connectivity index (χ0v) is 32.9.